The summed E-state index contributed by atoms with van der Waals surface area (Å²) in [6, 6.07) is 16.5. The maximum absolute atomic E-state index is 6.09. The Bertz CT molecular complexity index is 984. The van der Waals surface area contributed by atoms with Crippen LogP contribution in [0.25, 0.3) is 0 Å². The van der Waals surface area contributed by atoms with Gasteiger partial charge in [0.15, 0.2) is 0 Å². The molecular formula is C28H40N4OS. The molecule has 34 heavy (non-hydrogen) atoms. The van der Waals surface area contributed by atoms with Crippen molar-refractivity contribution in [1.82, 2.24) is 4.90 Å². The van der Waals surface area contributed by atoms with E-state index in [2.05, 4.69) is 66.5 Å². The Balaban J connectivity index is 0.00000199. The lowest BCUT2D eigenvalue weighted by molar-refractivity contribution is 0.348. The Labute approximate surface area is 210 Å². The summed E-state index contributed by atoms with van der Waals surface area (Å²) in [5.74, 6) is 2.67. The molecule has 0 amide bonds. The summed E-state index contributed by atoms with van der Waals surface area (Å²) in [6.45, 7) is 9.61. The van der Waals surface area contributed by atoms with Crippen molar-refractivity contribution in [1.29, 1.82) is 0 Å². The summed E-state index contributed by atoms with van der Waals surface area (Å²) < 4.78 is 6.09. The van der Waals surface area contributed by atoms with E-state index in [9.17, 15) is 0 Å². The zero-order valence-electron chi connectivity index (χ0n) is 21.3. The molecule has 0 aromatic heterocycles. The van der Waals surface area contributed by atoms with Crippen molar-refractivity contribution in [3.05, 3.63) is 83.2 Å². The molecule has 0 saturated carbocycles. The zero-order chi connectivity index (χ0) is 24.8. The number of anilines is 1. The summed E-state index contributed by atoms with van der Waals surface area (Å²) >= 11 is 1.33. The number of unbranched alkanes of at least 4 members (excludes halogenated alkanes) is 1. The van der Waals surface area contributed by atoms with Crippen LogP contribution in [0.15, 0.2) is 77.1 Å². The van der Waals surface area contributed by atoms with Crippen molar-refractivity contribution in [2.24, 2.45) is 10.1 Å². The SMILES string of the molecule is CC.CCC/C=C(\CC)COc1cccc(C2=NCN(C)C(Nc3cccc(CSN)c3)=C2)c1. The Morgan fingerprint density at radius 2 is 1.97 bits per heavy atom. The highest BCUT2D eigenvalue weighted by atomic mass is 32.2. The van der Waals surface area contributed by atoms with Gasteiger partial charge in [-0.25, -0.2) is 0 Å². The number of benzene rings is 2. The minimum absolute atomic E-state index is 0.595. The number of ether oxygens (including phenoxy) is 1. The average Bonchev–Trinajstić information content (AvgIpc) is 2.87. The fourth-order valence-electron chi connectivity index (χ4n) is 3.41. The number of aliphatic imine (C=N–C) groups is 1. The number of allylic oxidation sites excluding steroid dienone is 2. The van der Waals surface area contributed by atoms with E-state index >= 15 is 0 Å². The monoisotopic (exact) mass is 480 g/mol. The van der Waals surface area contributed by atoms with Crippen LogP contribution in [0, 0.1) is 0 Å². The van der Waals surface area contributed by atoms with E-state index in [0.29, 0.717) is 13.3 Å². The van der Waals surface area contributed by atoms with Crippen molar-refractivity contribution in [3.63, 3.8) is 0 Å². The van der Waals surface area contributed by atoms with Gasteiger partial charge >= 0.3 is 0 Å². The van der Waals surface area contributed by atoms with Crippen molar-refractivity contribution >= 4 is 23.3 Å². The molecule has 0 fully saturated rings. The van der Waals surface area contributed by atoms with Crippen molar-refractivity contribution in [2.75, 3.05) is 25.6 Å². The summed E-state index contributed by atoms with van der Waals surface area (Å²) in [6.07, 6.45) is 7.66. The second-order valence-corrected chi connectivity index (χ2v) is 8.49. The summed E-state index contributed by atoms with van der Waals surface area (Å²) in [5.41, 5.74) is 5.58. The van der Waals surface area contributed by atoms with Crippen molar-refractivity contribution < 1.29 is 4.74 Å². The van der Waals surface area contributed by atoms with Crippen LogP contribution in [0.1, 0.15) is 58.1 Å². The third-order valence-electron chi connectivity index (χ3n) is 5.32. The van der Waals surface area contributed by atoms with Crippen LogP contribution < -0.4 is 15.2 Å². The van der Waals surface area contributed by atoms with E-state index in [4.69, 9.17) is 14.9 Å². The highest BCUT2D eigenvalue weighted by Gasteiger charge is 2.14. The molecule has 0 radical (unpaired) electrons. The normalized spacial score (nSPS) is 13.5. The van der Waals surface area contributed by atoms with Gasteiger partial charge < -0.3 is 15.0 Å². The molecule has 3 N–H and O–H groups in total. The molecule has 184 valence electrons. The quantitative estimate of drug-likeness (QED) is 0.268. The fourth-order valence-corrected chi connectivity index (χ4v) is 3.78. The van der Waals surface area contributed by atoms with Gasteiger partial charge in [0.2, 0.25) is 0 Å². The number of nitrogens with two attached hydrogens (primary N) is 1. The molecule has 1 aliphatic heterocycles. The number of rotatable bonds is 11. The highest BCUT2D eigenvalue weighted by Crippen LogP contribution is 2.21. The molecule has 0 aliphatic carbocycles. The molecule has 6 heteroatoms. The largest absolute Gasteiger partial charge is 0.489 e. The molecule has 0 atom stereocenters. The van der Waals surface area contributed by atoms with Gasteiger partial charge in [-0.1, -0.05) is 76.4 Å². The molecule has 2 aromatic carbocycles. The lowest BCUT2D eigenvalue weighted by atomic mass is 10.1. The van der Waals surface area contributed by atoms with Crippen LogP contribution in [0.5, 0.6) is 5.75 Å². The number of nitrogens with zero attached hydrogens (tertiary/aromatic N) is 2. The van der Waals surface area contributed by atoms with Crippen molar-refractivity contribution in [3.8, 4) is 5.75 Å². The predicted octanol–water partition coefficient (Wildman–Crippen LogP) is 6.98. The van der Waals surface area contributed by atoms with Gasteiger partial charge in [-0.2, -0.15) is 0 Å². The van der Waals surface area contributed by atoms with E-state index in [1.54, 1.807) is 0 Å². The molecule has 0 bridgehead atoms. The molecule has 1 aliphatic rings. The first-order chi connectivity index (χ1) is 16.6. The van der Waals surface area contributed by atoms with Gasteiger partial charge in [-0.3, -0.25) is 10.1 Å². The first-order valence-corrected chi connectivity index (χ1v) is 13.2. The van der Waals surface area contributed by atoms with Gasteiger partial charge in [0.05, 0.1) is 5.71 Å². The maximum Gasteiger partial charge on any atom is 0.120 e. The summed E-state index contributed by atoms with van der Waals surface area (Å²) in [5, 5.41) is 9.16. The third kappa shape index (κ3) is 8.58. The Morgan fingerprint density at radius 3 is 2.71 bits per heavy atom. The first-order valence-electron chi connectivity index (χ1n) is 12.2. The lowest BCUT2D eigenvalue weighted by Gasteiger charge is -2.26. The first kappa shape index (κ1) is 27.5. The molecular weight excluding hydrogens is 440 g/mol. The van der Waals surface area contributed by atoms with Crippen LogP contribution in [0.2, 0.25) is 0 Å². The smallest absolute Gasteiger partial charge is 0.120 e. The second kappa shape index (κ2) is 15.3. The van der Waals surface area contributed by atoms with Crippen LogP contribution >= 0.6 is 11.9 Å². The fraction of sp³-hybridized carbons (Fsp3) is 0.393. The molecule has 0 saturated heterocycles. The van der Waals surface area contributed by atoms with Gasteiger partial charge in [0, 0.05) is 30.1 Å². The average molecular weight is 481 g/mol. The summed E-state index contributed by atoms with van der Waals surface area (Å²) in [7, 11) is 2.03. The van der Waals surface area contributed by atoms with Gasteiger partial charge in [0.25, 0.3) is 0 Å². The topological polar surface area (TPSA) is 62.9 Å². The molecule has 3 rings (SSSR count). The van der Waals surface area contributed by atoms with Crippen LogP contribution in [-0.2, 0) is 5.75 Å². The van der Waals surface area contributed by atoms with Crippen LogP contribution in [-0.4, -0.2) is 30.9 Å². The van der Waals surface area contributed by atoms with Gasteiger partial charge in [-0.05, 0) is 48.2 Å². The molecule has 2 aromatic rings. The van der Waals surface area contributed by atoms with E-state index in [-0.39, 0.29) is 0 Å². The Hall–Kier alpha value is -2.70. The standard InChI is InChI=1S/C26H34N4OS.C2H6/c1-4-6-9-20(5-2)17-31-24-13-8-11-22(15-24)25-16-26(30(3)19-28-25)29-23-12-7-10-21(14-23)18-32-27;1-2/h7-16,29H,4-6,17-19,27H2,1-3H3;1-2H3/b20-9+;. The van der Waals surface area contributed by atoms with Gasteiger partial charge in [-0.15, -0.1) is 0 Å². The molecule has 0 spiro atoms. The molecule has 5 nitrogen and oxygen atoms in total. The van der Waals surface area contributed by atoms with E-state index in [1.165, 1.54) is 23.1 Å². The maximum atomic E-state index is 6.09. The summed E-state index contributed by atoms with van der Waals surface area (Å²) in [4.78, 5) is 6.85. The highest BCUT2D eigenvalue weighted by molar-refractivity contribution is 7.96. The van der Waals surface area contributed by atoms with Gasteiger partial charge in [0.1, 0.15) is 24.8 Å². The van der Waals surface area contributed by atoms with E-state index in [0.717, 1.165) is 53.5 Å². The number of nitrogens with one attached hydrogen (secondary N) is 1. The Morgan fingerprint density at radius 1 is 1.18 bits per heavy atom. The minimum Gasteiger partial charge on any atom is -0.489 e. The number of hydrogen-bond acceptors (Lipinski definition) is 6. The predicted molar refractivity (Wildman–Crippen MR) is 149 cm³/mol. The zero-order valence-corrected chi connectivity index (χ0v) is 22.1. The van der Waals surface area contributed by atoms with E-state index in [1.807, 2.05) is 39.1 Å². The number of hydrogen-bond donors (Lipinski definition) is 2. The third-order valence-corrected chi connectivity index (χ3v) is 5.82. The van der Waals surface area contributed by atoms with Crippen molar-refractivity contribution in [2.45, 2.75) is 52.7 Å². The molecule has 0 unspecified atom stereocenters. The second-order valence-electron chi connectivity index (χ2n) is 7.87. The van der Waals surface area contributed by atoms with Crippen LogP contribution in [0.3, 0.4) is 0 Å². The Kier molecular flexibility index (Phi) is 12.4. The lowest BCUT2D eigenvalue weighted by Crippen LogP contribution is -2.28. The molecule has 1 heterocycles. The van der Waals surface area contributed by atoms with Crippen LogP contribution in [0.4, 0.5) is 5.69 Å². The van der Waals surface area contributed by atoms with E-state index < -0.39 is 0 Å². The minimum atomic E-state index is 0.595.